The molecular weight excluding hydrogens is 363 g/mol. The molecule has 2 unspecified atom stereocenters. The topological polar surface area (TPSA) is 97.0 Å². The first-order chi connectivity index (χ1) is 11.6. The summed E-state index contributed by atoms with van der Waals surface area (Å²) in [6, 6.07) is 14.4. The molecule has 0 aliphatic carbocycles. The molecule has 0 aromatic heterocycles. The Morgan fingerprint density at radius 3 is 2.64 bits per heavy atom. The van der Waals surface area contributed by atoms with Crippen LogP contribution in [-0.2, 0) is 4.79 Å². The minimum absolute atomic E-state index is 0. The first-order valence-corrected chi connectivity index (χ1v) is 8.23. The number of nitrogens with zero attached hydrogens (tertiary/aromatic N) is 1. The highest BCUT2D eigenvalue weighted by molar-refractivity contribution is 6.35. The normalized spacial score (nSPS) is 19.6. The standard InChI is InChI=1S/C17H16Cl2N4O.H2O/c18-12-6-7-13(14(19)8-12)15-9-16(22-21-15)17(24)23-20-10-11-4-2-1-3-5-11;/h1-8,10,15-16,21-22H,9H2,(H,23,24);1H2/b20-10+;. The van der Waals surface area contributed by atoms with Crippen molar-refractivity contribution >= 4 is 35.3 Å². The lowest BCUT2D eigenvalue weighted by Gasteiger charge is -2.11. The fraction of sp³-hybridized carbons (Fsp3) is 0.176. The molecule has 1 saturated heterocycles. The van der Waals surface area contributed by atoms with Crippen LogP contribution >= 0.6 is 23.2 Å². The zero-order valence-corrected chi connectivity index (χ0v) is 14.7. The van der Waals surface area contributed by atoms with Gasteiger partial charge in [-0.15, -0.1) is 0 Å². The molecule has 3 rings (SSSR count). The number of amides is 1. The minimum atomic E-state index is -0.394. The lowest BCUT2D eigenvalue weighted by atomic mass is 10.0. The number of benzene rings is 2. The summed E-state index contributed by atoms with van der Waals surface area (Å²) in [5.41, 5.74) is 10.4. The number of hydrazone groups is 1. The second kappa shape index (κ2) is 8.94. The van der Waals surface area contributed by atoms with Crippen molar-refractivity contribution in [3.05, 3.63) is 69.7 Å². The van der Waals surface area contributed by atoms with Gasteiger partial charge in [0.15, 0.2) is 0 Å². The van der Waals surface area contributed by atoms with Crippen molar-refractivity contribution in [2.75, 3.05) is 0 Å². The number of hydrazine groups is 1. The highest BCUT2D eigenvalue weighted by atomic mass is 35.5. The Morgan fingerprint density at radius 1 is 1.16 bits per heavy atom. The van der Waals surface area contributed by atoms with E-state index in [-0.39, 0.29) is 17.4 Å². The minimum Gasteiger partial charge on any atom is -0.412 e. The molecule has 5 N–H and O–H groups in total. The monoisotopic (exact) mass is 380 g/mol. The van der Waals surface area contributed by atoms with Crippen molar-refractivity contribution in [1.82, 2.24) is 16.3 Å². The van der Waals surface area contributed by atoms with Gasteiger partial charge in [-0.25, -0.2) is 16.3 Å². The van der Waals surface area contributed by atoms with E-state index in [2.05, 4.69) is 21.4 Å². The zero-order chi connectivity index (χ0) is 16.9. The van der Waals surface area contributed by atoms with Gasteiger partial charge in [0, 0.05) is 16.1 Å². The van der Waals surface area contributed by atoms with Crippen LogP contribution in [-0.4, -0.2) is 23.6 Å². The van der Waals surface area contributed by atoms with Crippen LogP contribution in [0.2, 0.25) is 10.0 Å². The Bertz CT molecular complexity index is 756. The molecule has 0 spiro atoms. The highest BCUT2D eigenvalue weighted by Gasteiger charge is 2.31. The van der Waals surface area contributed by atoms with E-state index in [4.69, 9.17) is 23.2 Å². The first kappa shape index (κ1) is 19.4. The number of halogens is 2. The van der Waals surface area contributed by atoms with Crippen molar-refractivity contribution < 1.29 is 10.3 Å². The summed E-state index contributed by atoms with van der Waals surface area (Å²) < 4.78 is 0. The zero-order valence-electron chi connectivity index (χ0n) is 13.2. The molecule has 1 aliphatic rings. The Hall–Kier alpha value is -1.96. The summed E-state index contributed by atoms with van der Waals surface area (Å²) in [4.78, 5) is 12.2. The maximum atomic E-state index is 12.2. The molecule has 1 heterocycles. The summed E-state index contributed by atoms with van der Waals surface area (Å²) in [6.45, 7) is 0. The largest absolute Gasteiger partial charge is 0.412 e. The summed E-state index contributed by atoms with van der Waals surface area (Å²) >= 11 is 12.1. The fourth-order valence-electron chi connectivity index (χ4n) is 2.50. The predicted octanol–water partition coefficient (Wildman–Crippen LogP) is 2.23. The third kappa shape index (κ3) is 5.01. The third-order valence-corrected chi connectivity index (χ3v) is 4.31. The van der Waals surface area contributed by atoms with Crippen LogP contribution in [0.3, 0.4) is 0 Å². The molecule has 2 atom stereocenters. The molecule has 2 aromatic carbocycles. The van der Waals surface area contributed by atoms with Crippen molar-refractivity contribution in [1.29, 1.82) is 0 Å². The molecule has 6 nitrogen and oxygen atoms in total. The number of carbonyl (C=O) groups excluding carboxylic acids is 1. The van der Waals surface area contributed by atoms with E-state index in [0.717, 1.165) is 11.1 Å². The van der Waals surface area contributed by atoms with E-state index in [0.29, 0.717) is 16.5 Å². The van der Waals surface area contributed by atoms with Crippen LogP contribution in [0.25, 0.3) is 0 Å². The van der Waals surface area contributed by atoms with E-state index in [1.54, 1.807) is 18.3 Å². The maximum Gasteiger partial charge on any atom is 0.258 e. The molecule has 1 amide bonds. The van der Waals surface area contributed by atoms with Crippen LogP contribution < -0.4 is 16.3 Å². The SMILES string of the molecule is O.O=C(N/N=C/c1ccccc1)C1CC(c2ccc(Cl)cc2Cl)NN1. The average Bonchev–Trinajstić information content (AvgIpc) is 3.05. The van der Waals surface area contributed by atoms with Gasteiger partial charge >= 0.3 is 0 Å². The molecule has 0 radical (unpaired) electrons. The molecule has 2 aromatic rings. The maximum absolute atomic E-state index is 12.2. The lowest BCUT2D eigenvalue weighted by molar-refractivity contribution is -0.122. The molecule has 1 aliphatic heterocycles. The van der Waals surface area contributed by atoms with Gasteiger partial charge in [0.25, 0.3) is 5.91 Å². The van der Waals surface area contributed by atoms with Crippen molar-refractivity contribution in [3.63, 3.8) is 0 Å². The Balaban J connectivity index is 0.00000225. The first-order valence-electron chi connectivity index (χ1n) is 7.47. The Kier molecular flexibility index (Phi) is 6.92. The van der Waals surface area contributed by atoms with Crippen LogP contribution in [0.5, 0.6) is 0 Å². The smallest absolute Gasteiger partial charge is 0.258 e. The molecule has 8 heteroatoms. The van der Waals surface area contributed by atoms with Crippen molar-refractivity contribution in [3.8, 4) is 0 Å². The van der Waals surface area contributed by atoms with E-state index in [1.165, 1.54) is 0 Å². The van der Waals surface area contributed by atoms with E-state index >= 15 is 0 Å². The van der Waals surface area contributed by atoms with Gasteiger partial charge in [0.1, 0.15) is 6.04 Å². The summed E-state index contributed by atoms with van der Waals surface area (Å²) in [7, 11) is 0. The molecular formula is C17H18Cl2N4O2. The van der Waals surface area contributed by atoms with E-state index < -0.39 is 6.04 Å². The molecule has 1 fully saturated rings. The van der Waals surface area contributed by atoms with Gasteiger partial charge in [-0.1, -0.05) is 59.6 Å². The molecule has 25 heavy (non-hydrogen) atoms. The van der Waals surface area contributed by atoms with Gasteiger partial charge in [0.05, 0.1) is 6.21 Å². The Labute approximate surface area is 155 Å². The third-order valence-electron chi connectivity index (χ3n) is 3.75. The number of carbonyl (C=O) groups is 1. The van der Waals surface area contributed by atoms with Crippen LogP contribution in [0.15, 0.2) is 53.6 Å². The van der Waals surface area contributed by atoms with Crippen LogP contribution in [0.4, 0.5) is 0 Å². The predicted molar refractivity (Wildman–Crippen MR) is 99.7 cm³/mol. The molecule has 132 valence electrons. The van der Waals surface area contributed by atoms with Gasteiger partial charge < -0.3 is 5.48 Å². The number of rotatable bonds is 4. The van der Waals surface area contributed by atoms with E-state index in [9.17, 15) is 4.79 Å². The summed E-state index contributed by atoms with van der Waals surface area (Å²) in [5.74, 6) is -0.206. The molecule has 0 saturated carbocycles. The number of nitrogens with one attached hydrogen (secondary N) is 3. The fourth-order valence-corrected chi connectivity index (χ4v) is 3.04. The summed E-state index contributed by atoms with van der Waals surface area (Å²) in [6.07, 6.45) is 2.17. The van der Waals surface area contributed by atoms with Crippen molar-refractivity contribution in [2.45, 2.75) is 18.5 Å². The number of hydrogen-bond acceptors (Lipinski definition) is 4. The molecule has 0 bridgehead atoms. The number of hydrogen-bond donors (Lipinski definition) is 3. The Morgan fingerprint density at radius 2 is 1.92 bits per heavy atom. The second-order valence-corrected chi connectivity index (χ2v) is 6.28. The van der Waals surface area contributed by atoms with Gasteiger partial charge in [-0.3, -0.25) is 4.79 Å². The van der Waals surface area contributed by atoms with Crippen LogP contribution in [0.1, 0.15) is 23.6 Å². The van der Waals surface area contributed by atoms with Gasteiger partial charge in [0.2, 0.25) is 0 Å². The van der Waals surface area contributed by atoms with Gasteiger partial charge in [-0.2, -0.15) is 5.10 Å². The summed E-state index contributed by atoms with van der Waals surface area (Å²) in [5, 5.41) is 5.13. The second-order valence-electron chi connectivity index (χ2n) is 5.44. The van der Waals surface area contributed by atoms with Crippen molar-refractivity contribution in [2.24, 2.45) is 5.10 Å². The lowest BCUT2D eigenvalue weighted by Crippen LogP contribution is -2.41. The van der Waals surface area contributed by atoms with Crippen LogP contribution in [0, 0.1) is 0 Å². The van der Waals surface area contributed by atoms with Gasteiger partial charge in [-0.05, 0) is 29.7 Å². The van der Waals surface area contributed by atoms with E-state index in [1.807, 2.05) is 36.4 Å². The highest BCUT2D eigenvalue weighted by Crippen LogP contribution is 2.30. The quantitative estimate of drug-likeness (QED) is 0.560. The average molecular weight is 381 g/mol.